The van der Waals surface area contributed by atoms with E-state index in [1.54, 1.807) is 0 Å². The highest BCUT2D eigenvalue weighted by Gasteiger charge is 2.39. The van der Waals surface area contributed by atoms with Crippen LogP contribution in [0.2, 0.25) is 0 Å². The van der Waals surface area contributed by atoms with E-state index < -0.39 is 11.6 Å². The van der Waals surface area contributed by atoms with Gasteiger partial charge in [-0.3, -0.25) is 24.0 Å². The molecule has 0 aromatic heterocycles. The molecule has 0 N–H and O–H groups in total. The molecule has 9 heteroatoms. The predicted molar refractivity (Wildman–Crippen MR) is 304 cm³/mol. The molecule has 0 saturated heterocycles. The summed E-state index contributed by atoms with van der Waals surface area (Å²) in [6, 6.07) is 0. The Morgan fingerprint density at radius 2 is 0.700 bits per heavy atom. The molecule has 0 amide bonds. The minimum Gasteiger partial charge on any atom is -0.350 e. The van der Waals surface area contributed by atoms with Crippen LogP contribution in [0.5, 0.6) is 0 Å². The fourth-order valence-corrected chi connectivity index (χ4v) is 7.19. The zero-order chi connectivity index (χ0) is 50.1. The van der Waals surface area contributed by atoms with E-state index in [1.165, 1.54) is 19.3 Å². The first-order valence-electron chi connectivity index (χ1n) is 26.4. The Hall–Kier alpha value is -1.81. The van der Waals surface area contributed by atoms with Gasteiger partial charge in [-0.25, -0.2) is 0 Å². The fraction of sp³-hybridized carbons (Fsp3) is 0.918. The average molecular weight is 1000 g/mol. The van der Waals surface area contributed by atoms with Gasteiger partial charge in [0.15, 0.2) is 11.6 Å². The Bertz CT molecular complexity index is 1250. The summed E-state index contributed by atoms with van der Waals surface area (Å²) in [5.41, 5.74) is -0.147. The molecule has 0 bridgehead atoms. The summed E-state index contributed by atoms with van der Waals surface area (Å²) in [4.78, 5) is 58.3. The van der Waals surface area contributed by atoms with Gasteiger partial charge in [0.1, 0.15) is 28.9 Å². The van der Waals surface area contributed by atoms with E-state index in [0.29, 0.717) is 95.2 Å². The molecule has 1 saturated carbocycles. The van der Waals surface area contributed by atoms with Crippen LogP contribution in [0.3, 0.4) is 0 Å². The molecule has 0 radical (unpaired) electrons. The van der Waals surface area contributed by atoms with E-state index in [2.05, 4.69) is 62.3 Å². The third-order valence-corrected chi connectivity index (χ3v) is 12.4. The number of rotatable bonds is 35. The highest BCUT2D eigenvalue weighted by molar-refractivity contribution is 5.83. The molecule has 0 heterocycles. The Morgan fingerprint density at radius 3 is 1.06 bits per heavy atom. The van der Waals surface area contributed by atoms with Crippen molar-refractivity contribution in [2.45, 2.75) is 301 Å². The van der Waals surface area contributed by atoms with Crippen molar-refractivity contribution < 1.29 is 42.9 Å². The molecule has 1 fully saturated rings. The molecular formula is C61H126O9. The summed E-state index contributed by atoms with van der Waals surface area (Å²) in [5, 5.41) is 0. The zero-order valence-corrected chi connectivity index (χ0v) is 45.5. The van der Waals surface area contributed by atoms with Gasteiger partial charge in [-0.15, -0.1) is 0 Å². The van der Waals surface area contributed by atoms with Gasteiger partial charge in [0, 0.05) is 81.0 Å². The molecule has 0 aromatic rings. The van der Waals surface area contributed by atoms with E-state index >= 15 is 0 Å². The largest absolute Gasteiger partial charge is 0.350 e. The van der Waals surface area contributed by atoms with Gasteiger partial charge in [0.05, 0.1) is 26.4 Å². The van der Waals surface area contributed by atoms with Crippen molar-refractivity contribution in [3.63, 3.8) is 0 Å². The van der Waals surface area contributed by atoms with Crippen LogP contribution >= 0.6 is 0 Å². The topological polar surface area (TPSA) is 122 Å². The molecular weight excluding hydrogens is 877 g/mol. The molecule has 1 aliphatic carbocycles. The molecule has 0 spiro atoms. The van der Waals surface area contributed by atoms with Crippen molar-refractivity contribution >= 4 is 28.9 Å². The van der Waals surface area contributed by atoms with E-state index in [-0.39, 0.29) is 83.4 Å². The molecule has 1 atom stereocenters. The SMILES string of the molecule is C.C.C.C.C.CC(C)CCCC(=O)C(C)C.CC(C)CCCOC(C)(OCCCC(=O)CCCC(=O)C(C)C)C(C)(C)C.CC(C)CCCOC1(OCCCC(=O)CCCC(=O)C(C)C)CCCCC1. The lowest BCUT2D eigenvalue weighted by Crippen LogP contribution is -2.45. The minimum absolute atomic E-state index is 0. The molecule has 0 aliphatic heterocycles. The fourth-order valence-electron chi connectivity index (χ4n) is 7.19. The molecule has 0 aromatic carbocycles. The van der Waals surface area contributed by atoms with Crippen LogP contribution in [0.15, 0.2) is 0 Å². The average Bonchev–Trinajstić information content (AvgIpc) is 3.21. The van der Waals surface area contributed by atoms with E-state index in [0.717, 1.165) is 76.7 Å². The standard InChI is InChI=1S/C23H42O4.C23H44O4.C10H20O.5CH4/c1-19(2)11-9-17-26-23(15-6-5-7-16-23)27-18-10-13-21(24)12-8-14-22(25)20(3)4;1-18(2)12-10-16-26-23(8,22(5,6)7)27-17-11-14-20(24)13-9-15-21(25)19(3)4;1-8(2)6-5-7-10(11)9(3)4;;;;;/h19-20H,5-18H2,1-4H3;18-19H,9-17H2,1-8H3;8-9H,5-7H2,1-4H3;5*1H4. The number of hydrogen-bond acceptors (Lipinski definition) is 9. The van der Waals surface area contributed by atoms with Crippen LogP contribution < -0.4 is 0 Å². The van der Waals surface area contributed by atoms with Gasteiger partial charge >= 0.3 is 0 Å². The summed E-state index contributed by atoms with van der Waals surface area (Å²) in [5.74, 6) is 2.75. The lowest BCUT2D eigenvalue weighted by atomic mass is 9.86. The Morgan fingerprint density at radius 1 is 0.400 bits per heavy atom. The second-order valence-electron chi connectivity index (χ2n) is 22.3. The second-order valence-corrected chi connectivity index (χ2v) is 22.3. The van der Waals surface area contributed by atoms with Gasteiger partial charge < -0.3 is 18.9 Å². The number of hydrogen-bond donors (Lipinski definition) is 0. The molecule has 424 valence electrons. The Kier molecular flexibility index (Phi) is 55.1. The lowest BCUT2D eigenvalue weighted by molar-refractivity contribution is -0.278. The summed E-state index contributed by atoms with van der Waals surface area (Å²) >= 11 is 0. The van der Waals surface area contributed by atoms with Gasteiger partial charge in [-0.05, 0) is 95.3 Å². The van der Waals surface area contributed by atoms with Gasteiger partial charge in [-0.1, -0.05) is 154 Å². The van der Waals surface area contributed by atoms with E-state index in [9.17, 15) is 24.0 Å². The first-order chi connectivity index (χ1) is 30.3. The molecule has 9 nitrogen and oxygen atoms in total. The first kappa shape index (κ1) is 82.2. The Balaban J connectivity index is -0.000000177. The smallest absolute Gasteiger partial charge is 0.170 e. The maximum Gasteiger partial charge on any atom is 0.170 e. The van der Waals surface area contributed by atoms with Crippen molar-refractivity contribution in [2.24, 2.45) is 40.9 Å². The van der Waals surface area contributed by atoms with Crippen molar-refractivity contribution in [3.8, 4) is 0 Å². The van der Waals surface area contributed by atoms with Crippen molar-refractivity contribution in [3.05, 3.63) is 0 Å². The maximum atomic E-state index is 12.0. The molecule has 1 unspecified atom stereocenters. The molecule has 70 heavy (non-hydrogen) atoms. The van der Waals surface area contributed by atoms with Crippen LogP contribution in [-0.2, 0) is 42.9 Å². The van der Waals surface area contributed by atoms with Crippen LogP contribution in [0.1, 0.15) is 289 Å². The second kappa shape index (κ2) is 46.9. The van der Waals surface area contributed by atoms with Gasteiger partial charge in [0.25, 0.3) is 0 Å². The van der Waals surface area contributed by atoms with Crippen LogP contribution in [-0.4, -0.2) is 66.9 Å². The zero-order valence-electron chi connectivity index (χ0n) is 45.5. The number of ether oxygens (including phenoxy) is 4. The number of ketones is 5. The number of Topliss-reactive ketones (excluding diaryl/α,β-unsaturated/α-hetero) is 5. The molecule has 1 aliphatic rings. The van der Waals surface area contributed by atoms with E-state index in [4.69, 9.17) is 18.9 Å². The Labute approximate surface area is 438 Å². The monoisotopic (exact) mass is 1000 g/mol. The van der Waals surface area contributed by atoms with Crippen LogP contribution in [0, 0.1) is 40.9 Å². The summed E-state index contributed by atoms with van der Waals surface area (Å²) in [7, 11) is 0. The van der Waals surface area contributed by atoms with Gasteiger partial charge in [0.2, 0.25) is 0 Å². The lowest BCUT2D eigenvalue weighted by Gasteiger charge is -2.41. The number of carbonyl (C=O) groups is 5. The molecule has 1 rings (SSSR count). The third-order valence-electron chi connectivity index (χ3n) is 12.4. The van der Waals surface area contributed by atoms with Crippen molar-refractivity contribution in [1.82, 2.24) is 0 Å². The van der Waals surface area contributed by atoms with Gasteiger partial charge in [-0.2, -0.15) is 0 Å². The quantitative estimate of drug-likeness (QED) is 0.0451. The highest BCUT2D eigenvalue weighted by Crippen LogP contribution is 2.36. The van der Waals surface area contributed by atoms with Crippen molar-refractivity contribution in [1.29, 1.82) is 0 Å². The minimum atomic E-state index is -0.656. The van der Waals surface area contributed by atoms with Crippen molar-refractivity contribution in [2.75, 3.05) is 26.4 Å². The van der Waals surface area contributed by atoms with Crippen LogP contribution in [0.4, 0.5) is 0 Å². The summed E-state index contributed by atoms with van der Waals surface area (Å²) < 4.78 is 24.6. The van der Waals surface area contributed by atoms with E-state index in [1.807, 2.05) is 48.5 Å². The van der Waals surface area contributed by atoms with Crippen LogP contribution in [0.25, 0.3) is 0 Å². The number of carbonyl (C=O) groups excluding carboxylic acids is 5. The predicted octanol–water partition coefficient (Wildman–Crippen LogP) is 18.0. The third kappa shape index (κ3) is 44.9. The normalized spacial score (nSPS) is 13.9. The summed E-state index contributed by atoms with van der Waals surface area (Å²) in [6.45, 7) is 35.8. The summed E-state index contributed by atoms with van der Waals surface area (Å²) in [6.07, 6.45) is 18.8. The maximum absolute atomic E-state index is 12.0. The first-order valence-corrected chi connectivity index (χ1v) is 26.4. The highest BCUT2D eigenvalue weighted by atomic mass is 16.7.